The molecule has 2 rings (SSSR count). The summed E-state index contributed by atoms with van der Waals surface area (Å²) in [6, 6.07) is 0. The lowest BCUT2D eigenvalue weighted by Crippen LogP contribution is -2.40. The first-order valence-electron chi connectivity index (χ1n) is 7.70. The van der Waals surface area contributed by atoms with E-state index in [1.807, 2.05) is 11.6 Å². The molecule has 0 atom stereocenters. The van der Waals surface area contributed by atoms with Crippen LogP contribution in [0.15, 0.2) is 4.99 Å². The normalized spacial score (nSPS) is 16.5. The van der Waals surface area contributed by atoms with Gasteiger partial charge in [0.25, 0.3) is 0 Å². The molecule has 0 spiro atoms. The summed E-state index contributed by atoms with van der Waals surface area (Å²) in [5.41, 5.74) is 9.46. The van der Waals surface area contributed by atoms with Gasteiger partial charge in [0, 0.05) is 31.5 Å². The second-order valence-corrected chi connectivity index (χ2v) is 5.59. The van der Waals surface area contributed by atoms with Crippen LogP contribution < -0.4 is 5.73 Å². The molecule has 21 heavy (non-hydrogen) atoms. The maximum Gasteiger partial charge on any atom is 0.191 e. The van der Waals surface area contributed by atoms with Crippen LogP contribution in [0.25, 0.3) is 0 Å². The van der Waals surface area contributed by atoms with Crippen LogP contribution in [0.2, 0.25) is 0 Å². The van der Waals surface area contributed by atoms with Crippen LogP contribution in [-0.2, 0) is 17.8 Å². The highest BCUT2D eigenvalue weighted by molar-refractivity contribution is 5.78. The topological polar surface area (TPSA) is 68.7 Å². The zero-order chi connectivity index (χ0) is 15.2. The van der Waals surface area contributed by atoms with Gasteiger partial charge in [-0.05, 0) is 33.1 Å². The summed E-state index contributed by atoms with van der Waals surface area (Å²) in [5, 5.41) is 4.55. The molecule has 0 saturated carbocycles. The van der Waals surface area contributed by atoms with E-state index in [2.05, 4.69) is 21.9 Å². The number of aromatic nitrogens is 2. The Morgan fingerprint density at radius 3 is 2.67 bits per heavy atom. The van der Waals surface area contributed by atoms with E-state index in [9.17, 15) is 0 Å². The molecular formula is C15H27N5O. The van der Waals surface area contributed by atoms with E-state index in [4.69, 9.17) is 10.5 Å². The number of guanidine groups is 1. The number of likely N-dealkylation sites (tertiary alicyclic amines) is 1. The average Bonchev–Trinajstić information content (AvgIpc) is 2.78. The van der Waals surface area contributed by atoms with Crippen molar-refractivity contribution in [3.63, 3.8) is 0 Å². The summed E-state index contributed by atoms with van der Waals surface area (Å²) in [4.78, 5) is 6.75. The van der Waals surface area contributed by atoms with E-state index in [1.54, 1.807) is 7.11 Å². The van der Waals surface area contributed by atoms with Crippen molar-refractivity contribution in [1.29, 1.82) is 0 Å². The second-order valence-electron chi connectivity index (χ2n) is 5.59. The minimum absolute atomic E-state index is 0.604. The summed E-state index contributed by atoms with van der Waals surface area (Å²) < 4.78 is 7.10. The fraction of sp³-hybridized carbons (Fsp3) is 0.733. The predicted octanol–water partition coefficient (Wildman–Crippen LogP) is 1.45. The first-order valence-corrected chi connectivity index (χ1v) is 7.70. The third-order valence-electron chi connectivity index (χ3n) is 4.12. The Morgan fingerprint density at radius 2 is 2.00 bits per heavy atom. The van der Waals surface area contributed by atoms with E-state index in [-0.39, 0.29) is 0 Å². The lowest BCUT2D eigenvalue weighted by molar-refractivity contribution is 0.182. The molecule has 1 fully saturated rings. The molecule has 0 aromatic carbocycles. The zero-order valence-electron chi connectivity index (χ0n) is 13.4. The van der Waals surface area contributed by atoms with Crippen molar-refractivity contribution in [3.8, 4) is 0 Å². The molecule has 0 radical (unpaired) electrons. The van der Waals surface area contributed by atoms with Crippen molar-refractivity contribution in [1.82, 2.24) is 14.7 Å². The van der Waals surface area contributed by atoms with Crippen LogP contribution in [0.1, 0.15) is 36.2 Å². The molecule has 0 unspecified atom stereocenters. The van der Waals surface area contributed by atoms with E-state index in [1.165, 1.54) is 24.8 Å². The minimum Gasteiger partial charge on any atom is -0.383 e. The summed E-state index contributed by atoms with van der Waals surface area (Å²) in [6.07, 6.45) is 3.72. The number of aliphatic imine (C=N–C) groups is 1. The van der Waals surface area contributed by atoms with Gasteiger partial charge in [0.2, 0.25) is 0 Å². The van der Waals surface area contributed by atoms with Gasteiger partial charge < -0.3 is 15.4 Å². The molecule has 1 saturated heterocycles. The molecule has 1 aliphatic heterocycles. The van der Waals surface area contributed by atoms with Crippen molar-refractivity contribution in [2.75, 3.05) is 26.8 Å². The van der Waals surface area contributed by atoms with Gasteiger partial charge >= 0.3 is 0 Å². The zero-order valence-corrected chi connectivity index (χ0v) is 13.4. The van der Waals surface area contributed by atoms with Gasteiger partial charge in [-0.3, -0.25) is 4.68 Å². The van der Waals surface area contributed by atoms with Crippen molar-refractivity contribution in [2.45, 2.75) is 46.2 Å². The summed E-state index contributed by atoms with van der Waals surface area (Å²) in [7, 11) is 1.70. The standard InChI is InChI=1S/C15H27N5O/c1-12-14(13(2)20(18-12)9-10-21-3)11-17-15(16)19-7-5-4-6-8-19/h4-11H2,1-3H3,(H2,16,17). The maximum atomic E-state index is 6.11. The second kappa shape index (κ2) is 7.45. The summed E-state index contributed by atoms with van der Waals surface area (Å²) >= 11 is 0. The minimum atomic E-state index is 0.604. The fourth-order valence-electron chi connectivity index (χ4n) is 2.74. The van der Waals surface area contributed by atoms with Gasteiger partial charge in [0.15, 0.2) is 5.96 Å². The summed E-state index contributed by atoms with van der Waals surface area (Å²) in [6.45, 7) is 8.21. The number of nitrogens with zero attached hydrogens (tertiary/aromatic N) is 4. The molecule has 1 aromatic heterocycles. The Labute approximate surface area is 127 Å². The molecule has 6 heteroatoms. The maximum absolute atomic E-state index is 6.11. The molecule has 1 aromatic rings. The first-order chi connectivity index (χ1) is 10.1. The lowest BCUT2D eigenvalue weighted by Gasteiger charge is -2.27. The fourth-order valence-corrected chi connectivity index (χ4v) is 2.74. The van der Waals surface area contributed by atoms with Crippen LogP contribution in [0, 0.1) is 13.8 Å². The van der Waals surface area contributed by atoms with E-state index in [0.29, 0.717) is 19.1 Å². The Hall–Kier alpha value is -1.56. The van der Waals surface area contributed by atoms with E-state index >= 15 is 0 Å². The molecular weight excluding hydrogens is 266 g/mol. The first kappa shape index (κ1) is 15.8. The van der Waals surface area contributed by atoms with Gasteiger partial charge in [0.1, 0.15) is 0 Å². The highest BCUT2D eigenvalue weighted by Crippen LogP contribution is 2.15. The van der Waals surface area contributed by atoms with Crippen LogP contribution in [0.3, 0.4) is 0 Å². The molecule has 0 bridgehead atoms. The monoisotopic (exact) mass is 293 g/mol. The van der Waals surface area contributed by atoms with Gasteiger partial charge in [-0.1, -0.05) is 0 Å². The van der Waals surface area contributed by atoms with Crippen molar-refractivity contribution >= 4 is 5.96 Å². The lowest BCUT2D eigenvalue weighted by atomic mass is 10.1. The van der Waals surface area contributed by atoms with Crippen LogP contribution in [-0.4, -0.2) is 47.4 Å². The van der Waals surface area contributed by atoms with Gasteiger partial charge in [-0.25, -0.2) is 4.99 Å². The molecule has 0 aliphatic carbocycles. The highest BCUT2D eigenvalue weighted by Gasteiger charge is 2.14. The van der Waals surface area contributed by atoms with E-state index in [0.717, 1.165) is 31.0 Å². The Balaban J connectivity index is 2.03. The Morgan fingerprint density at radius 1 is 1.29 bits per heavy atom. The number of methoxy groups -OCH3 is 1. The smallest absolute Gasteiger partial charge is 0.191 e. The number of hydrogen-bond donors (Lipinski definition) is 1. The average molecular weight is 293 g/mol. The Kier molecular flexibility index (Phi) is 5.61. The molecule has 6 nitrogen and oxygen atoms in total. The van der Waals surface area contributed by atoms with E-state index < -0.39 is 0 Å². The van der Waals surface area contributed by atoms with Gasteiger partial charge in [0.05, 0.1) is 25.4 Å². The molecule has 2 N–H and O–H groups in total. The number of ether oxygens (including phenoxy) is 1. The SMILES string of the molecule is COCCn1nc(C)c(CN=C(N)N2CCCCC2)c1C. The van der Waals surface area contributed by atoms with Gasteiger partial charge in [-0.2, -0.15) is 5.10 Å². The number of hydrogen-bond acceptors (Lipinski definition) is 3. The largest absolute Gasteiger partial charge is 0.383 e. The highest BCUT2D eigenvalue weighted by atomic mass is 16.5. The number of nitrogens with two attached hydrogens (primary N) is 1. The molecule has 2 heterocycles. The molecule has 0 amide bonds. The predicted molar refractivity (Wildman–Crippen MR) is 84.3 cm³/mol. The van der Waals surface area contributed by atoms with Gasteiger partial charge in [-0.15, -0.1) is 0 Å². The number of aryl methyl sites for hydroxylation is 1. The van der Waals surface area contributed by atoms with Crippen LogP contribution >= 0.6 is 0 Å². The molecule has 1 aliphatic rings. The number of piperidine rings is 1. The molecule has 118 valence electrons. The Bertz CT molecular complexity index is 488. The summed E-state index contributed by atoms with van der Waals surface area (Å²) in [5.74, 6) is 0.665. The van der Waals surface area contributed by atoms with Crippen LogP contribution in [0.5, 0.6) is 0 Å². The number of rotatable bonds is 5. The van der Waals surface area contributed by atoms with Crippen molar-refractivity contribution in [2.24, 2.45) is 10.7 Å². The van der Waals surface area contributed by atoms with Crippen molar-refractivity contribution < 1.29 is 4.74 Å². The quantitative estimate of drug-likeness (QED) is 0.659. The van der Waals surface area contributed by atoms with Crippen LogP contribution in [0.4, 0.5) is 0 Å². The van der Waals surface area contributed by atoms with Crippen molar-refractivity contribution in [3.05, 3.63) is 17.0 Å². The third kappa shape index (κ3) is 3.97. The third-order valence-corrected chi connectivity index (χ3v) is 4.12.